The van der Waals surface area contributed by atoms with Crippen LogP contribution in [0.25, 0.3) is 0 Å². The monoisotopic (exact) mass is 325 g/mol. The maximum Gasteiger partial charge on any atom is 0.284 e. The molecule has 0 radical (unpaired) electrons. The number of nitrogens with zero attached hydrogens (tertiary/aromatic N) is 3. The summed E-state index contributed by atoms with van der Waals surface area (Å²) in [5, 5.41) is 9.56. The van der Waals surface area contributed by atoms with E-state index in [0.29, 0.717) is 23.2 Å². The lowest BCUT2D eigenvalue weighted by Gasteiger charge is -2.15. The van der Waals surface area contributed by atoms with Crippen molar-refractivity contribution in [2.24, 2.45) is 0 Å². The van der Waals surface area contributed by atoms with Crippen LogP contribution in [0, 0.1) is 6.92 Å². The van der Waals surface area contributed by atoms with Crippen molar-refractivity contribution < 1.29 is 9.53 Å². The molecule has 0 saturated heterocycles. The van der Waals surface area contributed by atoms with Crippen molar-refractivity contribution in [3.63, 3.8) is 0 Å². The molecule has 7 heteroatoms. The number of aromatic nitrogens is 2. The first-order chi connectivity index (χ1) is 10.1. The number of hydrogen-bond acceptors (Lipinski definition) is 5. The zero-order chi connectivity index (χ0) is 15.2. The quantitative estimate of drug-likeness (QED) is 0.766. The number of halogens is 1. The number of amides is 1. The van der Waals surface area contributed by atoms with E-state index >= 15 is 0 Å². The second-order valence-electron chi connectivity index (χ2n) is 4.51. The Kier molecular flexibility index (Phi) is 5.52. The van der Waals surface area contributed by atoms with Crippen LogP contribution in [0.15, 0.2) is 24.3 Å². The number of rotatable bonds is 6. The average Bonchev–Trinajstić information content (AvgIpc) is 2.89. The van der Waals surface area contributed by atoms with Gasteiger partial charge in [-0.1, -0.05) is 29.0 Å². The van der Waals surface area contributed by atoms with Crippen LogP contribution in [0.4, 0.5) is 0 Å². The van der Waals surface area contributed by atoms with E-state index in [1.54, 1.807) is 24.1 Å². The molecule has 5 nitrogen and oxygen atoms in total. The molecule has 1 amide bonds. The van der Waals surface area contributed by atoms with Crippen molar-refractivity contribution in [2.75, 3.05) is 20.2 Å². The highest BCUT2D eigenvalue weighted by molar-refractivity contribution is 7.13. The Hall–Kier alpha value is -1.66. The van der Waals surface area contributed by atoms with E-state index in [4.69, 9.17) is 16.3 Å². The number of benzene rings is 1. The predicted octanol–water partition coefficient (Wildman–Crippen LogP) is 3.04. The first-order valence-corrected chi connectivity index (χ1v) is 7.69. The standard InChI is InChI=1S/C14H16ClN3O2S/c1-10-16-17-13(21-10)14(19)18(2)7-4-8-20-12-6-3-5-11(15)9-12/h3,5-6,9H,4,7-8H2,1-2H3. The Labute approximate surface area is 132 Å². The third-order valence-electron chi connectivity index (χ3n) is 2.76. The summed E-state index contributed by atoms with van der Waals surface area (Å²) in [5.41, 5.74) is 0. The molecule has 0 aliphatic carbocycles. The van der Waals surface area contributed by atoms with Gasteiger partial charge in [0.1, 0.15) is 10.8 Å². The molecule has 2 rings (SSSR count). The van der Waals surface area contributed by atoms with Crippen LogP contribution in [-0.2, 0) is 0 Å². The van der Waals surface area contributed by atoms with Gasteiger partial charge in [-0.25, -0.2) is 0 Å². The molecule has 1 aromatic heterocycles. The third-order valence-corrected chi connectivity index (χ3v) is 3.82. The zero-order valence-electron chi connectivity index (χ0n) is 11.9. The molecule has 0 atom stereocenters. The molecule has 0 fully saturated rings. The summed E-state index contributed by atoms with van der Waals surface area (Å²) < 4.78 is 5.58. The Morgan fingerprint density at radius 2 is 2.24 bits per heavy atom. The van der Waals surface area contributed by atoms with Gasteiger partial charge in [-0.15, -0.1) is 10.2 Å². The second kappa shape index (κ2) is 7.38. The van der Waals surface area contributed by atoms with Crippen LogP contribution < -0.4 is 4.74 Å². The van der Waals surface area contributed by atoms with Gasteiger partial charge in [0.2, 0.25) is 5.01 Å². The maximum absolute atomic E-state index is 12.0. The molecule has 0 N–H and O–H groups in total. The van der Waals surface area contributed by atoms with Crippen LogP contribution in [0.5, 0.6) is 5.75 Å². The number of aryl methyl sites for hydroxylation is 1. The van der Waals surface area contributed by atoms with Crippen molar-refractivity contribution in [3.05, 3.63) is 39.3 Å². The van der Waals surface area contributed by atoms with Gasteiger partial charge in [0, 0.05) is 18.6 Å². The molecule has 1 heterocycles. The highest BCUT2D eigenvalue weighted by atomic mass is 35.5. The highest BCUT2D eigenvalue weighted by Gasteiger charge is 2.15. The second-order valence-corrected chi connectivity index (χ2v) is 6.13. The molecule has 1 aromatic carbocycles. The Morgan fingerprint density at radius 3 is 2.90 bits per heavy atom. The first kappa shape index (κ1) is 15.7. The number of carbonyl (C=O) groups is 1. The molecule has 2 aromatic rings. The van der Waals surface area contributed by atoms with Crippen LogP contribution in [-0.4, -0.2) is 41.2 Å². The Morgan fingerprint density at radius 1 is 1.43 bits per heavy atom. The van der Waals surface area contributed by atoms with Crippen molar-refractivity contribution in [3.8, 4) is 5.75 Å². The minimum atomic E-state index is -0.108. The van der Waals surface area contributed by atoms with Gasteiger partial charge in [0.25, 0.3) is 5.91 Å². The fraction of sp³-hybridized carbons (Fsp3) is 0.357. The van der Waals surface area contributed by atoms with Crippen molar-refractivity contribution in [1.29, 1.82) is 0 Å². The summed E-state index contributed by atoms with van der Waals surface area (Å²) in [6, 6.07) is 7.25. The van der Waals surface area contributed by atoms with E-state index in [2.05, 4.69) is 10.2 Å². The molecule has 0 saturated carbocycles. The molecule has 0 bridgehead atoms. The summed E-state index contributed by atoms with van der Waals surface area (Å²) in [6.45, 7) is 2.94. The average molecular weight is 326 g/mol. The van der Waals surface area contributed by atoms with Crippen molar-refractivity contribution in [1.82, 2.24) is 15.1 Å². The van der Waals surface area contributed by atoms with Crippen LogP contribution in [0.2, 0.25) is 5.02 Å². The molecule has 0 unspecified atom stereocenters. The van der Waals surface area contributed by atoms with Gasteiger partial charge >= 0.3 is 0 Å². The van der Waals surface area contributed by atoms with Gasteiger partial charge in [0.15, 0.2) is 0 Å². The summed E-state index contributed by atoms with van der Waals surface area (Å²) in [4.78, 5) is 13.7. The molecular formula is C14H16ClN3O2S. The van der Waals surface area contributed by atoms with Gasteiger partial charge in [-0.2, -0.15) is 0 Å². The summed E-state index contributed by atoms with van der Waals surface area (Å²) in [7, 11) is 1.75. The smallest absolute Gasteiger partial charge is 0.284 e. The normalized spacial score (nSPS) is 10.4. The van der Waals surface area contributed by atoms with E-state index in [0.717, 1.165) is 17.2 Å². The fourth-order valence-corrected chi connectivity index (χ4v) is 2.56. The van der Waals surface area contributed by atoms with Gasteiger partial charge in [-0.05, 0) is 31.5 Å². The fourth-order valence-electron chi connectivity index (χ4n) is 1.70. The Bertz CT molecular complexity index is 618. The van der Waals surface area contributed by atoms with Crippen molar-refractivity contribution in [2.45, 2.75) is 13.3 Å². The first-order valence-electron chi connectivity index (χ1n) is 6.50. The van der Waals surface area contributed by atoms with E-state index < -0.39 is 0 Å². The summed E-state index contributed by atoms with van der Waals surface area (Å²) in [5.74, 6) is 0.625. The van der Waals surface area contributed by atoms with E-state index in [9.17, 15) is 4.79 Å². The summed E-state index contributed by atoms with van der Waals surface area (Å²) >= 11 is 7.18. The largest absolute Gasteiger partial charge is 0.493 e. The summed E-state index contributed by atoms with van der Waals surface area (Å²) in [6.07, 6.45) is 0.729. The van der Waals surface area contributed by atoms with E-state index in [1.807, 2.05) is 19.1 Å². The zero-order valence-corrected chi connectivity index (χ0v) is 13.4. The lowest BCUT2D eigenvalue weighted by Crippen LogP contribution is -2.28. The molecule has 0 spiro atoms. The SMILES string of the molecule is Cc1nnc(C(=O)N(C)CCCOc2cccc(Cl)c2)s1. The number of carbonyl (C=O) groups excluding carboxylic acids is 1. The van der Waals surface area contributed by atoms with Gasteiger partial charge in [-0.3, -0.25) is 4.79 Å². The minimum Gasteiger partial charge on any atom is -0.493 e. The number of ether oxygens (including phenoxy) is 1. The maximum atomic E-state index is 12.0. The lowest BCUT2D eigenvalue weighted by atomic mass is 10.3. The molecule has 0 aliphatic heterocycles. The van der Waals surface area contributed by atoms with Gasteiger partial charge in [0.05, 0.1) is 6.61 Å². The van der Waals surface area contributed by atoms with Crippen LogP contribution in [0.3, 0.4) is 0 Å². The van der Waals surface area contributed by atoms with E-state index in [1.165, 1.54) is 11.3 Å². The lowest BCUT2D eigenvalue weighted by molar-refractivity contribution is 0.0786. The topological polar surface area (TPSA) is 55.3 Å². The number of hydrogen-bond donors (Lipinski definition) is 0. The van der Waals surface area contributed by atoms with Crippen LogP contribution in [0.1, 0.15) is 21.2 Å². The molecule has 112 valence electrons. The third kappa shape index (κ3) is 4.68. The van der Waals surface area contributed by atoms with Crippen LogP contribution >= 0.6 is 22.9 Å². The molecular weight excluding hydrogens is 310 g/mol. The molecule has 0 aliphatic rings. The van der Waals surface area contributed by atoms with Gasteiger partial charge < -0.3 is 9.64 Å². The highest BCUT2D eigenvalue weighted by Crippen LogP contribution is 2.17. The predicted molar refractivity (Wildman–Crippen MR) is 83.2 cm³/mol. The minimum absolute atomic E-state index is 0.108. The van der Waals surface area contributed by atoms with Crippen molar-refractivity contribution >= 4 is 28.8 Å². The molecule has 21 heavy (non-hydrogen) atoms. The Balaban J connectivity index is 1.74. The van der Waals surface area contributed by atoms with E-state index in [-0.39, 0.29) is 5.91 Å².